The van der Waals surface area contributed by atoms with Gasteiger partial charge in [-0.25, -0.2) is 0 Å². The van der Waals surface area contributed by atoms with Crippen LogP contribution in [-0.2, 0) is 11.2 Å². The zero-order chi connectivity index (χ0) is 15.9. The van der Waals surface area contributed by atoms with Gasteiger partial charge in [-0.1, -0.05) is 47.6 Å². The van der Waals surface area contributed by atoms with Gasteiger partial charge in [0.2, 0.25) is 5.91 Å². The van der Waals surface area contributed by atoms with Gasteiger partial charge in [-0.2, -0.15) is 0 Å². The first-order valence-corrected chi connectivity index (χ1v) is 7.81. The summed E-state index contributed by atoms with van der Waals surface area (Å²) in [5.41, 5.74) is 10.5. The molecule has 1 atom stereocenters. The van der Waals surface area contributed by atoms with E-state index in [1.807, 2.05) is 54.6 Å². The first kappa shape index (κ1) is 16.3. The van der Waals surface area contributed by atoms with E-state index < -0.39 is 6.04 Å². The Kier molecular flexibility index (Phi) is 5.80. The minimum Gasteiger partial charge on any atom is -0.314 e. The molecule has 0 aliphatic carbocycles. The fourth-order valence-electron chi connectivity index (χ4n) is 2.14. The number of nitrogens with zero attached hydrogens (tertiary/aromatic N) is 4. The Bertz CT molecular complexity index is 698. The van der Waals surface area contributed by atoms with Gasteiger partial charge in [-0.05, 0) is 52.2 Å². The van der Waals surface area contributed by atoms with Crippen LogP contribution in [-0.4, -0.2) is 19.0 Å². The second-order valence-electron chi connectivity index (χ2n) is 4.76. The number of hydrogen-bond donors (Lipinski definition) is 0. The van der Waals surface area contributed by atoms with E-state index in [1.165, 1.54) is 0 Å². The molecule has 0 aliphatic rings. The third-order valence-corrected chi connectivity index (χ3v) is 4.20. The Balaban J connectivity index is 2.23. The first-order chi connectivity index (χ1) is 10.6. The summed E-state index contributed by atoms with van der Waals surface area (Å²) in [5, 5.41) is 3.68. The van der Waals surface area contributed by atoms with Crippen molar-refractivity contribution in [2.45, 2.75) is 12.5 Å². The highest BCUT2D eigenvalue weighted by Crippen LogP contribution is 2.22. The predicted octanol–water partition coefficient (Wildman–Crippen LogP) is 4.18. The molecule has 0 saturated heterocycles. The molecular formula is C16H15IN4O. The van der Waals surface area contributed by atoms with Gasteiger partial charge in [0.15, 0.2) is 0 Å². The summed E-state index contributed by atoms with van der Waals surface area (Å²) in [5.74, 6) is -0.217. The lowest BCUT2D eigenvalue weighted by molar-refractivity contribution is -0.119. The molecule has 0 aliphatic heterocycles. The lowest BCUT2D eigenvalue weighted by Gasteiger charge is -2.22. The summed E-state index contributed by atoms with van der Waals surface area (Å²) in [7, 11) is 1.70. The van der Waals surface area contributed by atoms with Crippen LogP contribution in [0.4, 0.5) is 5.69 Å². The summed E-state index contributed by atoms with van der Waals surface area (Å²) in [6.45, 7) is 0. The molecule has 0 saturated carbocycles. The summed E-state index contributed by atoms with van der Waals surface area (Å²) in [4.78, 5) is 17.0. The normalized spacial score (nSPS) is 11.4. The van der Waals surface area contributed by atoms with Crippen molar-refractivity contribution in [2.75, 3.05) is 11.9 Å². The maximum absolute atomic E-state index is 12.6. The lowest BCUT2D eigenvalue weighted by Crippen LogP contribution is -2.36. The van der Waals surface area contributed by atoms with Crippen LogP contribution in [0.5, 0.6) is 0 Å². The molecule has 1 unspecified atom stereocenters. The number of halogens is 1. The zero-order valence-corrected chi connectivity index (χ0v) is 14.2. The molecule has 6 heteroatoms. The van der Waals surface area contributed by atoms with Crippen LogP contribution >= 0.6 is 22.6 Å². The largest absolute Gasteiger partial charge is 0.314 e. The number of carbonyl (C=O) groups is 1. The van der Waals surface area contributed by atoms with Crippen LogP contribution in [0.15, 0.2) is 59.7 Å². The molecule has 112 valence electrons. The average molecular weight is 406 g/mol. The topological polar surface area (TPSA) is 69.1 Å². The number of carbonyl (C=O) groups excluding carboxylic acids is 1. The highest BCUT2D eigenvalue weighted by Gasteiger charge is 2.23. The second kappa shape index (κ2) is 7.82. The number of para-hydroxylation sites is 1. The molecule has 1 amide bonds. The highest BCUT2D eigenvalue weighted by atomic mass is 127. The molecule has 0 radical (unpaired) electrons. The molecule has 5 nitrogen and oxygen atoms in total. The molecule has 0 bridgehead atoms. The fourth-order valence-corrected chi connectivity index (χ4v) is 2.89. The van der Waals surface area contributed by atoms with Crippen molar-refractivity contribution in [3.8, 4) is 0 Å². The number of amides is 1. The summed E-state index contributed by atoms with van der Waals surface area (Å²) in [6.07, 6.45) is 0.386. The smallest absolute Gasteiger partial charge is 0.236 e. The van der Waals surface area contributed by atoms with Crippen molar-refractivity contribution in [3.63, 3.8) is 0 Å². The van der Waals surface area contributed by atoms with E-state index in [2.05, 4.69) is 32.6 Å². The highest BCUT2D eigenvalue weighted by molar-refractivity contribution is 14.1. The second-order valence-corrected chi connectivity index (χ2v) is 5.92. The molecule has 0 aromatic heterocycles. The molecule has 2 aromatic rings. The van der Waals surface area contributed by atoms with Crippen LogP contribution in [0.25, 0.3) is 10.4 Å². The molecule has 0 heterocycles. The SMILES string of the molecule is CN(C(=O)C(Cc1ccccc1)N=[N+]=[N-])c1ccccc1I. The summed E-state index contributed by atoms with van der Waals surface area (Å²) < 4.78 is 0.968. The number of likely N-dealkylation sites (N-methyl/N-ethyl adjacent to an activating group) is 1. The van der Waals surface area contributed by atoms with E-state index in [9.17, 15) is 4.79 Å². The maximum atomic E-state index is 12.6. The van der Waals surface area contributed by atoms with Gasteiger partial charge in [0.25, 0.3) is 0 Å². The summed E-state index contributed by atoms with van der Waals surface area (Å²) in [6, 6.07) is 16.4. The third-order valence-electron chi connectivity index (χ3n) is 3.29. The Morgan fingerprint density at radius 2 is 1.86 bits per heavy atom. The maximum Gasteiger partial charge on any atom is 0.236 e. The van der Waals surface area contributed by atoms with E-state index in [1.54, 1.807) is 11.9 Å². The molecular weight excluding hydrogens is 391 g/mol. The average Bonchev–Trinajstić information content (AvgIpc) is 2.54. The number of anilines is 1. The van der Waals surface area contributed by atoms with Crippen molar-refractivity contribution in [1.82, 2.24) is 0 Å². The quantitative estimate of drug-likeness (QED) is 0.318. The number of hydrogen-bond acceptors (Lipinski definition) is 2. The van der Waals surface area contributed by atoms with Gasteiger partial charge >= 0.3 is 0 Å². The van der Waals surface area contributed by atoms with Crippen molar-refractivity contribution < 1.29 is 4.79 Å². The van der Waals surface area contributed by atoms with Crippen LogP contribution in [0.3, 0.4) is 0 Å². The van der Waals surface area contributed by atoms with E-state index in [-0.39, 0.29) is 5.91 Å². The minimum absolute atomic E-state index is 0.217. The Morgan fingerprint density at radius 3 is 2.50 bits per heavy atom. The summed E-state index contributed by atoms with van der Waals surface area (Å²) >= 11 is 2.18. The lowest BCUT2D eigenvalue weighted by atomic mass is 10.1. The Hall–Kier alpha value is -2.05. The zero-order valence-electron chi connectivity index (χ0n) is 12.1. The van der Waals surface area contributed by atoms with Crippen LogP contribution in [0.1, 0.15) is 5.56 Å². The van der Waals surface area contributed by atoms with Crippen molar-refractivity contribution in [3.05, 3.63) is 74.2 Å². The van der Waals surface area contributed by atoms with E-state index in [0.717, 1.165) is 14.8 Å². The Labute approximate surface area is 142 Å². The molecule has 0 fully saturated rings. The van der Waals surface area contributed by atoms with Crippen molar-refractivity contribution in [1.29, 1.82) is 0 Å². The van der Waals surface area contributed by atoms with E-state index in [0.29, 0.717) is 6.42 Å². The standard InChI is InChI=1S/C16H15IN4O/c1-21(15-10-6-5-9-13(15)17)16(22)14(19-20-18)11-12-7-3-2-4-8-12/h2-10,14H,11H2,1H3. The Morgan fingerprint density at radius 1 is 1.23 bits per heavy atom. The van der Waals surface area contributed by atoms with Crippen molar-refractivity contribution in [2.24, 2.45) is 5.11 Å². The van der Waals surface area contributed by atoms with E-state index in [4.69, 9.17) is 5.53 Å². The molecule has 0 spiro atoms. The molecule has 0 N–H and O–H groups in total. The fraction of sp³-hybridized carbons (Fsp3) is 0.188. The number of rotatable bonds is 5. The molecule has 2 rings (SSSR count). The third kappa shape index (κ3) is 3.99. The minimum atomic E-state index is -0.756. The van der Waals surface area contributed by atoms with Crippen LogP contribution in [0, 0.1) is 3.57 Å². The van der Waals surface area contributed by atoms with E-state index >= 15 is 0 Å². The van der Waals surface area contributed by atoms with Crippen molar-refractivity contribution >= 4 is 34.2 Å². The van der Waals surface area contributed by atoms with Gasteiger partial charge in [0, 0.05) is 15.5 Å². The molecule has 2 aromatic carbocycles. The van der Waals surface area contributed by atoms with Gasteiger partial charge < -0.3 is 4.90 Å². The number of benzene rings is 2. The predicted molar refractivity (Wildman–Crippen MR) is 95.6 cm³/mol. The van der Waals surface area contributed by atoms with Crippen LogP contribution < -0.4 is 4.90 Å². The first-order valence-electron chi connectivity index (χ1n) is 6.73. The molecule has 22 heavy (non-hydrogen) atoms. The van der Waals surface area contributed by atoms with Gasteiger partial charge in [0.1, 0.15) is 6.04 Å². The van der Waals surface area contributed by atoms with Crippen LogP contribution in [0.2, 0.25) is 0 Å². The van der Waals surface area contributed by atoms with Gasteiger partial charge in [0.05, 0.1) is 5.69 Å². The van der Waals surface area contributed by atoms with Gasteiger partial charge in [-0.3, -0.25) is 4.79 Å². The van der Waals surface area contributed by atoms with Gasteiger partial charge in [-0.15, -0.1) is 0 Å². The number of azide groups is 1. The monoisotopic (exact) mass is 406 g/mol.